The van der Waals surface area contributed by atoms with E-state index in [1.807, 2.05) is 12.1 Å². The molecule has 2 aromatic rings. The Kier molecular flexibility index (Phi) is 9.62. The van der Waals surface area contributed by atoms with Gasteiger partial charge in [-0.3, -0.25) is 0 Å². The molecule has 0 atom stereocenters. The molecular weight excluding hydrogens is 352 g/mol. The third-order valence-electron chi connectivity index (χ3n) is 3.33. The maximum Gasteiger partial charge on any atom is 2.00 e. The van der Waals surface area contributed by atoms with Crippen molar-refractivity contribution in [3.8, 4) is 12.1 Å². The predicted octanol–water partition coefficient (Wildman–Crippen LogP) is -2.00. The number of nitrogens with zero attached hydrogens (tertiary/aromatic N) is 4. The molecule has 25 heavy (non-hydrogen) atoms. The first-order valence-corrected chi connectivity index (χ1v) is 6.79. The van der Waals surface area contributed by atoms with Crippen molar-refractivity contribution in [2.75, 3.05) is 0 Å². The summed E-state index contributed by atoms with van der Waals surface area (Å²) in [5.74, 6) is -2.28. The molecule has 0 aliphatic rings. The van der Waals surface area contributed by atoms with Crippen molar-refractivity contribution >= 4 is 49.7 Å². The molecule has 2 aromatic heterocycles. The van der Waals surface area contributed by atoms with Crippen molar-refractivity contribution in [2.45, 2.75) is 12.8 Å². The average molecular weight is 366 g/mol. The Bertz CT molecular complexity index is 769. The van der Waals surface area contributed by atoms with Crippen LogP contribution in [0.4, 0.5) is 0 Å². The molecule has 8 nitrogen and oxygen atoms in total. The van der Waals surface area contributed by atoms with Crippen LogP contribution in [0.1, 0.15) is 22.8 Å². The van der Waals surface area contributed by atoms with Crippen LogP contribution in [0.5, 0.6) is 0 Å². The molecule has 0 fully saturated rings. The number of hydrogen-bond acceptors (Lipinski definition) is 6. The van der Waals surface area contributed by atoms with E-state index in [1.54, 1.807) is 38.4 Å². The number of hydrogen-bond donors (Lipinski definition) is 0. The number of carboxylic acids is 2. The molecule has 0 unspecified atom stereocenters. The summed E-state index contributed by atoms with van der Waals surface area (Å²) in [7, 11) is 3.30. The van der Waals surface area contributed by atoms with Crippen LogP contribution < -0.4 is 10.2 Å². The summed E-state index contributed by atoms with van der Waals surface area (Å²) in [4.78, 5) is 20.4. The number of carboxylic acid groups (broad SMARTS) is 2. The standard InChI is InChI=1S/2C8H8N2O2.Ca/c2*1-10-6(4-8(11)12)2-3-7(10)5-9;/h2*2-3H,4H2,1H3,(H,11,12);/q;;+2/p-2. The molecule has 124 valence electrons. The quantitative estimate of drug-likeness (QED) is 0.574. The summed E-state index contributed by atoms with van der Waals surface area (Å²) in [6.07, 6.45) is -0.309. The average Bonchev–Trinajstić information content (AvgIpc) is 3.03. The molecule has 2 heterocycles. The van der Waals surface area contributed by atoms with Crippen molar-refractivity contribution in [1.29, 1.82) is 10.5 Å². The summed E-state index contributed by atoms with van der Waals surface area (Å²) < 4.78 is 3.08. The Balaban J connectivity index is 0.000000443. The van der Waals surface area contributed by atoms with E-state index in [-0.39, 0.29) is 50.6 Å². The fraction of sp³-hybridized carbons (Fsp3) is 0.250. The van der Waals surface area contributed by atoms with Gasteiger partial charge in [0.05, 0.1) is 0 Å². The van der Waals surface area contributed by atoms with Gasteiger partial charge in [0.1, 0.15) is 23.5 Å². The van der Waals surface area contributed by atoms with Gasteiger partial charge in [-0.15, -0.1) is 0 Å². The minimum atomic E-state index is -1.14. The Morgan fingerprint density at radius 2 is 1.20 bits per heavy atom. The van der Waals surface area contributed by atoms with Crippen LogP contribution in [0.15, 0.2) is 24.3 Å². The molecule has 0 radical (unpaired) electrons. The number of aliphatic carboxylic acids is 2. The molecular formula is C16H14CaN4O4. The zero-order valence-corrected chi connectivity index (χ0v) is 16.1. The summed E-state index contributed by atoms with van der Waals surface area (Å²) in [5, 5.41) is 37.5. The molecule has 9 heteroatoms. The number of aromatic nitrogens is 2. The largest absolute Gasteiger partial charge is 2.00 e. The van der Waals surface area contributed by atoms with Crippen LogP contribution >= 0.6 is 0 Å². The summed E-state index contributed by atoms with van der Waals surface area (Å²) in [6.45, 7) is 0. The second-order valence-corrected chi connectivity index (χ2v) is 4.86. The van der Waals surface area contributed by atoms with Crippen LogP contribution in [0, 0.1) is 22.7 Å². The minimum Gasteiger partial charge on any atom is -0.550 e. The van der Waals surface area contributed by atoms with Crippen LogP contribution in [0.25, 0.3) is 0 Å². The molecule has 0 aliphatic heterocycles. The Labute approximate surface area is 174 Å². The number of rotatable bonds is 4. The molecule has 0 amide bonds. The van der Waals surface area contributed by atoms with Gasteiger partial charge in [0.15, 0.2) is 0 Å². The fourth-order valence-electron chi connectivity index (χ4n) is 1.98. The zero-order valence-electron chi connectivity index (χ0n) is 13.9. The fourth-order valence-corrected chi connectivity index (χ4v) is 1.98. The molecule has 0 aromatic carbocycles. The van der Waals surface area contributed by atoms with Crippen molar-refractivity contribution in [2.24, 2.45) is 14.1 Å². The Morgan fingerprint density at radius 1 is 0.880 bits per heavy atom. The predicted molar refractivity (Wildman–Crippen MR) is 83.4 cm³/mol. The van der Waals surface area contributed by atoms with E-state index in [9.17, 15) is 19.8 Å². The van der Waals surface area contributed by atoms with Gasteiger partial charge in [-0.25, -0.2) is 0 Å². The van der Waals surface area contributed by atoms with Gasteiger partial charge in [0.2, 0.25) is 0 Å². The maximum absolute atomic E-state index is 10.2. The molecule has 0 saturated heterocycles. The number of carbonyl (C=O) groups is 2. The Hall–Kier alpha value is -2.26. The van der Waals surface area contributed by atoms with E-state index in [4.69, 9.17) is 10.5 Å². The molecule has 0 saturated carbocycles. The van der Waals surface area contributed by atoms with Gasteiger partial charge in [0.25, 0.3) is 0 Å². The summed E-state index contributed by atoms with van der Waals surface area (Å²) in [6, 6.07) is 10.3. The zero-order chi connectivity index (χ0) is 18.3. The van der Waals surface area contributed by atoms with Gasteiger partial charge in [0, 0.05) is 50.3 Å². The molecule has 0 bridgehead atoms. The van der Waals surface area contributed by atoms with E-state index in [0.717, 1.165) is 0 Å². The summed E-state index contributed by atoms with van der Waals surface area (Å²) >= 11 is 0. The van der Waals surface area contributed by atoms with Crippen molar-refractivity contribution in [1.82, 2.24) is 9.13 Å². The van der Waals surface area contributed by atoms with Crippen LogP contribution in [0.2, 0.25) is 0 Å². The first kappa shape index (κ1) is 22.7. The SMILES string of the molecule is Cn1c(C#N)ccc1CC(=O)[O-].Cn1c(C#N)ccc1CC(=O)[O-].[Ca+2]. The Morgan fingerprint density at radius 3 is 1.40 bits per heavy atom. The van der Waals surface area contributed by atoms with Crippen molar-refractivity contribution in [3.05, 3.63) is 47.0 Å². The maximum atomic E-state index is 10.2. The van der Waals surface area contributed by atoms with E-state index >= 15 is 0 Å². The third kappa shape index (κ3) is 6.63. The van der Waals surface area contributed by atoms with Crippen molar-refractivity contribution < 1.29 is 19.8 Å². The molecule has 0 N–H and O–H groups in total. The third-order valence-corrected chi connectivity index (χ3v) is 3.33. The minimum absolute atomic E-state index is 0. The van der Waals surface area contributed by atoms with Gasteiger partial charge >= 0.3 is 37.7 Å². The van der Waals surface area contributed by atoms with Gasteiger partial charge in [-0.05, 0) is 24.3 Å². The van der Waals surface area contributed by atoms with E-state index in [2.05, 4.69) is 0 Å². The van der Waals surface area contributed by atoms with E-state index < -0.39 is 11.9 Å². The smallest absolute Gasteiger partial charge is 0.550 e. The first-order valence-electron chi connectivity index (χ1n) is 6.79. The van der Waals surface area contributed by atoms with E-state index in [0.29, 0.717) is 22.8 Å². The summed E-state index contributed by atoms with van der Waals surface area (Å²) in [5.41, 5.74) is 2.05. The first-order chi connectivity index (χ1) is 11.3. The van der Waals surface area contributed by atoms with Crippen LogP contribution in [-0.2, 0) is 36.5 Å². The van der Waals surface area contributed by atoms with Crippen LogP contribution in [-0.4, -0.2) is 58.8 Å². The number of carbonyl (C=O) groups excluding carboxylic acids is 2. The van der Waals surface area contributed by atoms with Crippen LogP contribution in [0.3, 0.4) is 0 Å². The molecule has 0 aliphatic carbocycles. The molecule has 2 rings (SSSR count). The second-order valence-electron chi connectivity index (χ2n) is 4.86. The topological polar surface area (TPSA) is 138 Å². The van der Waals surface area contributed by atoms with E-state index in [1.165, 1.54) is 9.13 Å². The normalized spacial score (nSPS) is 8.96. The van der Waals surface area contributed by atoms with Gasteiger partial charge in [-0.1, -0.05) is 0 Å². The van der Waals surface area contributed by atoms with Crippen molar-refractivity contribution in [3.63, 3.8) is 0 Å². The van der Waals surface area contributed by atoms with Gasteiger partial charge < -0.3 is 28.9 Å². The molecule has 0 spiro atoms. The number of nitriles is 2. The second kappa shape index (κ2) is 10.6. The van der Waals surface area contributed by atoms with Gasteiger partial charge in [-0.2, -0.15) is 10.5 Å². The monoisotopic (exact) mass is 366 g/mol.